The van der Waals surface area contributed by atoms with Crippen LogP contribution in [0.5, 0.6) is 0 Å². The molecular weight excluding hydrogens is 157 g/mol. The molecule has 0 bridgehead atoms. The Bertz CT molecular complexity index is 218. The predicted octanol–water partition coefficient (Wildman–Crippen LogP) is 2.28. The molecule has 0 heterocycles. The Morgan fingerprint density at radius 1 is 1.23 bits per heavy atom. The summed E-state index contributed by atoms with van der Waals surface area (Å²) in [6.45, 7) is 16.8. The van der Waals surface area contributed by atoms with Crippen LogP contribution in [0.2, 0.25) is 0 Å². The number of rotatable bonds is 6. The Balaban J connectivity index is 3.74. The molecule has 0 saturated heterocycles. The molecule has 0 aliphatic rings. The van der Waals surface area contributed by atoms with Gasteiger partial charge in [-0.05, 0) is 32.3 Å². The molecule has 0 atom stereocenters. The lowest BCUT2D eigenvalue weighted by atomic mass is 10.1. The summed E-state index contributed by atoms with van der Waals surface area (Å²) in [4.78, 5) is 2.14. The van der Waals surface area contributed by atoms with Gasteiger partial charge in [0.15, 0.2) is 0 Å². The van der Waals surface area contributed by atoms with Crippen LogP contribution in [0.15, 0.2) is 36.6 Å². The third-order valence-electron chi connectivity index (χ3n) is 2.05. The molecule has 0 radical (unpaired) electrons. The molecule has 0 saturated carbocycles. The molecule has 0 unspecified atom stereocenters. The molecule has 0 aliphatic heterocycles. The van der Waals surface area contributed by atoms with Gasteiger partial charge in [-0.1, -0.05) is 18.7 Å². The second kappa shape index (κ2) is 5.68. The standard InChI is InChI=1S/C11H20BN/c1-9(2)7-6-8-13(12)11(5)10(3)4/h1,3,5-8,12H2,2,4H3. The van der Waals surface area contributed by atoms with E-state index in [0.29, 0.717) is 0 Å². The van der Waals surface area contributed by atoms with Gasteiger partial charge in [0.25, 0.3) is 0 Å². The zero-order chi connectivity index (χ0) is 10.4. The van der Waals surface area contributed by atoms with Crippen LogP contribution in [-0.4, -0.2) is 19.3 Å². The van der Waals surface area contributed by atoms with Gasteiger partial charge in [-0.25, -0.2) is 0 Å². The first-order chi connectivity index (χ1) is 5.95. The van der Waals surface area contributed by atoms with Crippen molar-refractivity contribution in [1.82, 2.24) is 4.81 Å². The smallest absolute Gasteiger partial charge is 0.217 e. The molecule has 2 heteroatoms. The van der Waals surface area contributed by atoms with Gasteiger partial charge in [0, 0.05) is 12.2 Å². The summed E-state index contributed by atoms with van der Waals surface area (Å²) in [5.74, 6) is 0. The molecule has 0 aromatic carbocycles. The van der Waals surface area contributed by atoms with E-state index in [2.05, 4.69) is 39.5 Å². The summed E-state index contributed by atoms with van der Waals surface area (Å²) in [5.41, 5.74) is 3.31. The largest absolute Gasteiger partial charge is 0.422 e. The van der Waals surface area contributed by atoms with Crippen molar-refractivity contribution in [1.29, 1.82) is 0 Å². The molecule has 0 aliphatic carbocycles. The molecule has 13 heavy (non-hydrogen) atoms. The van der Waals surface area contributed by atoms with Gasteiger partial charge in [-0.2, -0.15) is 0 Å². The maximum Gasteiger partial charge on any atom is 0.217 e. The SMILES string of the molecule is BN(CCCC(=C)C)C(=C)C(=C)C. The molecule has 1 nitrogen and oxygen atoms in total. The van der Waals surface area contributed by atoms with Gasteiger partial charge in [0.05, 0.1) is 0 Å². The average Bonchev–Trinajstić information content (AvgIpc) is 2.02. The molecule has 0 spiro atoms. The fraction of sp³-hybridized carbons (Fsp3) is 0.455. The maximum atomic E-state index is 3.96. The van der Waals surface area contributed by atoms with E-state index >= 15 is 0 Å². The Hall–Kier alpha value is -0.915. The maximum absolute atomic E-state index is 3.96. The van der Waals surface area contributed by atoms with E-state index in [9.17, 15) is 0 Å². The van der Waals surface area contributed by atoms with Crippen LogP contribution in [0.4, 0.5) is 0 Å². The number of hydrogen-bond donors (Lipinski definition) is 0. The first-order valence-electron chi connectivity index (χ1n) is 4.65. The first-order valence-corrected chi connectivity index (χ1v) is 4.65. The summed E-state index contributed by atoms with van der Waals surface area (Å²) >= 11 is 0. The highest BCUT2D eigenvalue weighted by atomic mass is 15.0. The monoisotopic (exact) mass is 177 g/mol. The normalized spacial score (nSPS) is 9.38. The summed E-state index contributed by atoms with van der Waals surface area (Å²) in [6, 6.07) is 0. The summed E-state index contributed by atoms with van der Waals surface area (Å²) in [7, 11) is 2.05. The predicted molar refractivity (Wildman–Crippen MR) is 63.3 cm³/mol. The lowest BCUT2D eigenvalue weighted by Crippen LogP contribution is -2.20. The molecule has 0 N–H and O–H groups in total. The van der Waals surface area contributed by atoms with Crippen molar-refractivity contribution in [2.45, 2.75) is 26.7 Å². The molecule has 0 rings (SSSR count). The van der Waals surface area contributed by atoms with E-state index in [1.54, 1.807) is 0 Å². The van der Waals surface area contributed by atoms with Crippen molar-refractivity contribution in [3.05, 3.63) is 36.6 Å². The van der Waals surface area contributed by atoms with E-state index in [1.165, 1.54) is 5.57 Å². The van der Waals surface area contributed by atoms with E-state index in [0.717, 1.165) is 30.7 Å². The molecule has 0 fully saturated rings. The Morgan fingerprint density at radius 3 is 2.15 bits per heavy atom. The van der Waals surface area contributed by atoms with Crippen LogP contribution < -0.4 is 0 Å². The topological polar surface area (TPSA) is 3.24 Å². The van der Waals surface area contributed by atoms with Gasteiger partial charge in [0.1, 0.15) is 0 Å². The van der Waals surface area contributed by atoms with Crippen LogP contribution in [0.1, 0.15) is 26.7 Å². The third kappa shape index (κ3) is 5.34. The van der Waals surface area contributed by atoms with Crippen LogP contribution in [-0.2, 0) is 0 Å². The number of nitrogens with zero attached hydrogens (tertiary/aromatic N) is 1. The Kier molecular flexibility index (Phi) is 5.28. The quantitative estimate of drug-likeness (QED) is 0.341. The number of hydrogen-bond acceptors (Lipinski definition) is 1. The minimum atomic E-state index is 1.03. The zero-order valence-corrected chi connectivity index (χ0v) is 9.19. The number of allylic oxidation sites excluding steroid dienone is 2. The van der Waals surface area contributed by atoms with E-state index in [-0.39, 0.29) is 0 Å². The summed E-state index contributed by atoms with van der Waals surface area (Å²) in [6.07, 6.45) is 2.23. The van der Waals surface area contributed by atoms with Crippen LogP contribution >= 0.6 is 0 Å². The minimum Gasteiger partial charge on any atom is -0.422 e. The second-order valence-electron chi connectivity index (χ2n) is 3.71. The fourth-order valence-corrected chi connectivity index (χ4v) is 1.08. The highest BCUT2D eigenvalue weighted by Crippen LogP contribution is 2.09. The van der Waals surface area contributed by atoms with E-state index in [1.807, 2.05) is 6.92 Å². The van der Waals surface area contributed by atoms with Gasteiger partial charge in [-0.15, -0.1) is 6.58 Å². The molecule has 0 aromatic rings. The van der Waals surface area contributed by atoms with Crippen molar-refractivity contribution in [3.8, 4) is 0 Å². The van der Waals surface area contributed by atoms with Gasteiger partial charge >= 0.3 is 0 Å². The Labute approximate surface area is 83.3 Å². The molecule has 72 valence electrons. The minimum absolute atomic E-state index is 1.03. The molecule has 0 aromatic heterocycles. The van der Waals surface area contributed by atoms with E-state index < -0.39 is 0 Å². The van der Waals surface area contributed by atoms with Crippen molar-refractivity contribution in [2.24, 2.45) is 0 Å². The zero-order valence-electron chi connectivity index (χ0n) is 9.19. The highest BCUT2D eigenvalue weighted by Gasteiger charge is 2.01. The molecular formula is C11H20BN. The lowest BCUT2D eigenvalue weighted by Gasteiger charge is -2.22. The molecule has 0 amide bonds. The second-order valence-corrected chi connectivity index (χ2v) is 3.71. The van der Waals surface area contributed by atoms with Gasteiger partial charge in [0.2, 0.25) is 7.98 Å². The van der Waals surface area contributed by atoms with Crippen molar-refractivity contribution in [3.63, 3.8) is 0 Å². The van der Waals surface area contributed by atoms with Crippen LogP contribution in [0.25, 0.3) is 0 Å². The van der Waals surface area contributed by atoms with Crippen molar-refractivity contribution >= 4 is 7.98 Å². The highest BCUT2D eigenvalue weighted by molar-refractivity contribution is 6.05. The Morgan fingerprint density at radius 2 is 1.77 bits per heavy atom. The third-order valence-corrected chi connectivity index (χ3v) is 2.05. The average molecular weight is 177 g/mol. The van der Waals surface area contributed by atoms with Crippen LogP contribution in [0, 0.1) is 0 Å². The van der Waals surface area contributed by atoms with Crippen molar-refractivity contribution < 1.29 is 0 Å². The van der Waals surface area contributed by atoms with Crippen LogP contribution in [0.3, 0.4) is 0 Å². The van der Waals surface area contributed by atoms with E-state index in [4.69, 9.17) is 0 Å². The first kappa shape index (κ1) is 12.1. The van der Waals surface area contributed by atoms with Crippen molar-refractivity contribution in [2.75, 3.05) is 6.54 Å². The summed E-state index contributed by atoms with van der Waals surface area (Å²) in [5, 5.41) is 0. The van der Waals surface area contributed by atoms with Gasteiger partial charge in [-0.3, -0.25) is 0 Å². The fourth-order valence-electron chi connectivity index (χ4n) is 1.08. The van der Waals surface area contributed by atoms with Gasteiger partial charge < -0.3 is 4.81 Å². The summed E-state index contributed by atoms with van der Waals surface area (Å²) < 4.78 is 0. The lowest BCUT2D eigenvalue weighted by molar-refractivity contribution is 0.539.